The third-order valence-corrected chi connectivity index (χ3v) is 3.56. The van der Waals surface area contributed by atoms with Crippen LogP contribution in [0.4, 0.5) is 11.8 Å². The Hall–Kier alpha value is -2.99. The lowest BCUT2D eigenvalue weighted by molar-refractivity contribution is 0.210. The van der Waals surface area contributed by atoms with E-state index in [4.69, 9.17) is 4.74 Å². The van der Waals surface area contributed by atoms with Gasteiger partial charge in [-0.05, 0) is 12.1 Å². The first-order chi connectivity index (χ1) is 12.3. The molecule has 0 amide bonds. The molecule has 1 aromatic carbocycles. The Morgan fingerprint density at radius 1 is 0.960 bits per heavy atom. The Morgan fingerprint density at radius 2 is 1.80 bits per heavy atom. The highest BCUT2D eigenvalue weighted by molar-refractivity contribution is 5.64. The van der Waals surface area contributed by atoms with E-state index >= 15 is 0 Å². The number of hydrogen-bond acceptors (Lipinski definition) is 6. The Morgan fingerprint density at radius 3 is 2.56 bits per heavy atom. The van der Waals surface area contributed by atoms with Crippen LogP contribution >= 0.6 is 0 Å². The Bertz CT molecular complexity index is 780. The van der Waals surface area contributed by atoms with Crippen molar-refractivity contribution in [3.63, 3.8) is 0 Å². The summed E-state index contributed by atoms with van der Waals surface area (Å²) in [5, 5.41) is 6.51. The lowest BCUT2D eigenvalue weighted by Crippen LogP contribution is -2.12. The molecule has 2 heterocycles. The van der Waals surface area contributed by atoms with Crippen molar-refractivity contribution in [3.05, 3.63) is 66.5 Å². The highest BCUT2D eigenvalue weighted by atomic mass is 16.5. The summed E-state index contributed by atoms with van der Waals surface area (Å²) >= 11 is 0. The summed E-state index contributed by atoms with van der Waals surface area (Å²) in [6.07, 6.45) is 1.78. The molecule has 0 radical (unpaired) electrons. The minimum absolute atomic E-state index is 0.571. The molecule has 0 fully saturated rings. The van der Waals surface area contributed by atoms with Gasteiger partial charge in [0.25, 0.3) is 0 Å². The molecule has 25 heavy (non-hydrogen) atoms. The molecule has 3 aromatic rings. The van der Waals surface area contributed by atoms with Gasteiger partial charge in [0.1, 0.15) is 5.82 Å². The van der Waals surface area contributed by atoms with Crippen molar-refractivity contribution in [2.45, 2.75) is 6.54 Å². The normalized spacial score (nSPS) is 10.4. The topological polar surface area (TPSA) is 72.0 Å². The van der Waals surface area contributed by atoms with Gasteiger partial charge in [-0.15, -0.1) is 0 Å². The van der Waals surface area contributed by atoms with Gasteiger partial charge >= 0.3 is 0 Å². The van der Waals surface area contributed by atoms with Gasteiger partial charge in [0.15, 0.2) is 0 Å². The molecule has 0 saturated carbocycles. The number of nitrogens with one attached hydrogen (secondary N) is 2. The first-order valence-corrected chi connectivity index (χ1v) is 8.16. The number of pyridine rings is 1. The van der Waals surface area contributed by atoms with E-state index in [0.29, 0.717) is 25.6 Å². The van der Waals surface area contributed by atoms with E-state index in [-0.39, 0.29) is 0 Å². The summed E-state index contributed by atoms with van der Waals surface area (Å²) in [4.78, 5) is 13.4. The third kappa shape index (κ3) is 4.99. The molecular weight excluding hydrogens is 314 g/mol. The molecule has 0 aliphatic heterocycles. The van der Waals surface area contributed by atoms with Crippen LogP contribution in [-0.2, 0) is 11.3 Å². The van der Waals surface area contributed by atoms with E-state index in [0.717, 1.165) is 22.8 Å². The van der Waals surface area contributed by atoms with Crippen LogP contribution in [0.2, 0.25) is 0 Å². The lowest BCUT2D eigenvalue weighted by Gasteiger charge is -2.11. The van der Waals surface area contributed by atoms with Gasteiger partial charge in [0, 0.05) is 31.5 Å². The largest absolute Gasteiger partial charge is 0.383 e. The third-order valence-electron chi connectivity index (χ3n) is 3.56. The maximum atomic E-state index is 5.07. The molecule has 0 saturated heterocycles. The molecule has 0 spiro atoms. The zero-order valence-electron chi connectivity index (χ0n) is 14.1. The minimum atomic E-state index is 0.571. The number of aromatic nitrogens is 3. The lowest BCUT2D eigenvalue weighted by atomic mass is 10.1. The minimum Gasteiger partial charge on any atom is -0.383 e. The standard InChI is InChI=1S/C19H21N5O/c1-25-12-11-21-19-23-17(15-7-3-2-4-8-15)13-18(24-19)22-14-16-9-5-6-10-20-16/h2-10,13H,11-12,14H2,1H3,(H2,21,22,23,24). The van der Waals surface area contributed by atoms with E-state index in [1.807, 2.05) is 54.6 Å². The fourth-order valence-corrected chi connectivity index (χ4v) is 2.32. The fourth-order valence-electron chi connectivity index (χ4n) is 2.32. The van der Waals surface area contributed by atoms with Crippen LogP contribution in [0.5, 0.6) is 0 Å². The molecule has 3 rings (SSSR count). The maximum Gasteiger partial charge on any atom is 0.225 e. The first-order valence-electron chi connectivity index (χ1n) is 8.16. The molecule has 6 nitrogen and oxygen atoms in total. The molecule has 0 unspecified atom stereocenters. The van der Waals surface area contributed by atoms with E-state index in [2.05, 4.69) is 25.6 Å². The number of hydrogen-bond donors (Lipinski definition) is 2. The second-order valence-electron chi connectivity index (χ2n) is 5.42. The zero-order valence-corrected chi connectivity index (χ0v) is 14.1. The van der Waals surface area contributed by atoms with E-state index < -0.39 is 0 Å². The van der Waals surface area contributed by atoms with Crippen LogP contribution in [0.3, 0.4) is 0 Å². The van der Waals surface area contributed by atoms with E-state index in [9.17, 15) is 0 Å². The molecule has 0 aliphatic rings. The summed E-state index contributed by atoms with van der Waals surface area (Å²) < 4.78 is 5.07. The second-order valence-corrected chi connectivity index (χ2v) is 5.42. The number of benzene rings is 1. The van der Waals surface area contributed by atoms with Crippen molar-refractivity contribution >= 4 is 11.8 Å². The number of rotatable bonds is 8. The van der Waals surface area contributed by atoms with Gasteiger partial charge in [0.05, 0.1) is 24.5 Å². The average Bonchev–Trinajstić information content (AvgIpc) is 2.68. The van der Waals surface area contributed by atoms with Crippen molar-refractivity contribution in [2.75, 3.05) is 30.9 Å². The van der Waals surface area contributed by atoms with Gasteiger partial charge in [0.2, 0.25) is 5.95 Å². The SMILES string of the molecule is COCCNc1nc(NCc2ccccn2)cc(-c2ccccc2)n1. The van der Waals surface area contributed by atoms with Crippen LogP contribution in [0, 0.1) is 0 Å². The summed E-state index contributed by atoms with van der Waals surface area (Å²) in [6.45, 7) is 1.84. The van der Waals surface area contributed by atoms with Crippen LogP contribution in [0.25, 0.3) is 11.3 Å². The molecule has 6 heteroatoms. The van der Waals surface area contributed by atoms with Gasteiger partial charge in [-0.3, -0.25) is 4.98 Å². The monoisotopic (exact) mass is 335 g/mol. The summed E-state index contributed by atoms with van der Waals surface area (Å²) in [5.74, 6) is 1.32. The second kappa shape index (κ2) is 8.75. The van der Waals surface area contributed by atoms with Gasteiger partial charge in [-0.2, -0.15) is 4.98 Å². The van der Waals surface area contributed by atoms with Crippen molar-refractivity contribution < 1.29 is 4.74 Å². The predicted octanol–water partition coefficient (Wildman–Crippen LogP) is 3.21. The summed E-state index contributed by atoms with van der Waals surface area (Å²) in [6, 6.07) is 17.8. The smallest absolute Gasteiger partial charge is 0.225 e. The van der Waals surface area contributed by atoms with E-state index in [1.165, 1.54) is 0 Å². The van der Waals surface area contributed by atoms with Gasteiger partial charge in [-0.25, -0.2) is 4.98 Å². The first kappa shape index (κ1) is 16.9. The van der Waals surface area contributed by atoms with Gasteiger partial charge in [-0.1, -0.05) is 36.4 Å². The maximum absolute atomic E-state index is 5.07. The van der Waals surface area contributed by atoms with Crippen LogP contribution in [0.15, 0.2) is 60.8 Å². The summed E-state index contributed by atoms with van der Waals surface area (Å²) in [7, 11) is 1.67. The fraction of sp³-hybridized carbons (Fsp3) is 0.211. The average molecular weight is 335 g/mol. The highest BCUT2D eigenvalue weighted by Gasteiger charge is 2.07. The molecule has 2 N–H and O–H groups in total. The number of nitrogens with zero attached hydrogens (tertiary/aromatic N) is 3. The molecule has 0 bridgehead atoms. The van der Waals surface area contributed by atoms with Crippen molar-refractivity contribution in [1.82, 2.24) is 15.0 Å². The Labute approximate surface area is 147 Å². The molecule has 0 aliphatic carbocycles. The van der Waals surface area contributed by atoms with Crippen LogP contribution < -0.4 is 10.6 Å². The quantitative estimate of drug-likeness (QED) is 0.616. The van der Waals surface area contributed by atoms with Gasteiger partial charge < -0.3 is 15.4 Å². The number of ether oxygens (including phenoxy) is 1. The molecular formula is C19H21N5O. The molecule has 0 atom stereocenters. The van der Waals surface area contributed by atoms with E-state index in [1.54, 1.807) is 13.3 Å². The summed E-state index contributed by atoms with van der Waals surface area (Å²) in [5.41, 5.74) is 2.86. The van der Waals surface area contributed by atoms with Crippen molar-refractivity contribution in [1.29, 1.82) is 0 Å². The number of methoxy groups -OCH3 is 1. The zero-order chi connectivity index (χ0) is 17.3. The van der Waals surface area contributed by atoms with Crippen LogP contribution in [0.1, 0.15) is 5.69 Å². The highest BCUT2D eigenvalue weighted by Crippen LogP contribution is 2.21. The van der Waals surface area contributed by atoms with Crippen molar-refractivity contribution in [3.8, 4) is 11.3 Å². The van der Waals surface area contributed by atoms with Crippen LogP contribution in [-0.4, -0.2) is 35.2 Å². The Kier molecular flexibility index (Phi) is 5.90. The molecule has 2 aromatic heterocycles. The van der Waals surface area contributed by atoms with Crippen molar-refractivity contribution in [2.24, 2.45) is 0 Å². The predicted molar refractivity (Wildman–Crippen MR) is 99.4 cm³/mol. The number of anilines is 2. The molecule has 128 valence electrons. The Balaban J connectivity index is 1.81.